The average molecular weight is 430 g/mol. The van der Waals surface area contributed by atoms with Crippen molar-refractivity contribution >= 4 is 39.9 Å². The first-order valence-electron chi connectivity index (χ1n) is 8.83. The van der Waals surface area contributed by atoms with E-state index in [4.69, 9.17) is 11.6 Å². The van der Waals surface area contributed by atoms with Crippen LogP contribution in [-0.2, 0) is 4.79 Å². The molecule has 4 aromatic rings. The van der Waals surface area contributed by atoms with Crippen molar-refractivity contribution in [3.63, 3.8) is 0 Å². The zero-order valence-corrected chi connectivity index (χ0v) is 17.2. The molecule has 29 heavy (non-hydrogen) atoms. The van der Waals surface area contributed by atoms with Crippen molar-refractivity contribution in [1.82, 2.24) is 24.3 Å². The van der Waals surface area contributed by atoms with Gasteiger partial charge in [-0.25, -0.2) is 14.4 Å². The molecule has 0 bridgehead atoms. The van der Waals surface area contributed by atoms with Crippen LogP contribution in [0.15, 0.2) is 48.2 Å². The SMILES string of the molecule is Cc1nccn1-c1ccc([C@H](C)NC(=O)/C=C\c2c(Cl)nc3sccn23)cc1F. The summed E-state index contributed by atoms with van der Waals surface area (Å²) in [5.74, 6) is 0.00113. The summed E-state index contributed by atoms with van der Waals surface area (Å²) in [6.45, 7) is 3.60. The Hall–Kier alpha value is -2.97. The minimum Gasteiger partial charge on any atom is -0.346 e. The second-order valence-electron chi connectivity index (χ2n) is 6.46. The third-order valence-corrected chi connectivity index (χ3v) is 5.60. The van der Waals surface area contributed by atoms with Crippen LogP contribution in [0.1, 0.15) is 30.0 Å². The minimum absolute atomic E-state index is 0.311. The molecule has 0 aliphatic carbocycles. The largest absolute Gasteiger partial charge is 0.346 e. The second-order valence-corrected chi connectivity index (χ2v) is 7.69. The van der Waals surface area contributed by atoms with Gasteiger partial charge in [0, 0.05) is 30.0 Å². The highest BCUT2D eigenvalue weighted by Gasteiger charge is 2.13. The maximum absolute atomic E-state index is 14.6. The number of thiazole rings is 1. The number of nitrogens with one attached hydrogen (secondary N) is 1. The van der Waals surface area contributed by atoms with Crippen LogP contribution in [0.4, 0.5) is 4.39 Å². The topological polar surface area (TPSA) is 64.2 Å². The highest BCUT2D eigenvalue weighted by molar-refractivity contribution is 7.15. The Kier molecular flexibility index (Phi) is 5.21. The molecule has 1 N–H and O–H groups in total. The molecule has 3 aromatic heterocycles. The van der Waals surface area contributed by atoms with Gasteiger partial charge in [-0.3, -0.25) is 9.20 Å². The number of benzene rings is 1. The molecule has 0 fully saturated rings. The van der Waals surface area contributed by atoms with E-state index < -0.39 is 0 Å². The minimum atomic E-state index is -0.383. The van der Waals surface area contributed by atoms with Crippen LogP contribution >= 0.6 is 22.9 Å². The first-order valence-corrected chi connectivity index (χ1v) is 10.1. The fraction of sp³-hybridized carbons (Fsp3) is 0.150. The molecule has 148 valence electrons. The predicted molar refractivity (Wildman–Crippen MR) is 112 cm³/mol. The Morgan fingerprint density at radius 3 is 2.93 bits per heavy atom. The normalized spacial score (nSPS) is 12.7. The van der Waals surface area contributed by atoms with Crippen LogP contribution in [-0.4, -0.2) is 24.8 Å². The van der Waals surface area contributed by atoms with Crippen molar-refractivity contribution in [1.29, 1.82) is 0 Å². The third kappa shape index (κ3) is 3.81. The molecule has 0 aliphatic rings. The lowest BCUT2D eigenvalue weighted by Crippen LogP contribution is -2.24. The molecular weight excluding hydrogens is 413 g/mol. The van der Waals surface area contributed by atoms with Gasteiger partial charge in [0.05, 0.1) is 17.4 Å². The number of carbonyl (C=O) groups excluding carboxylic acids is 1. The van der Waals surface area contributed by atoms with Crippen LogP contribution in [0.2, 0.25) is 5.15 Å². The number of fused-ring (bicyclic) bond motifs is 1. The molecule has 9 heteroatoms. The summed E-state index contributed by atoms with van der Waals surface area (Å²) in [5, 5.41) is 5.06. The van der Waals surface area contributed by atoms with Gasteiger partial charge in [0.15, 0.2) is 10.1 Å². The molecule has 0 spiro atoms. The van der Waals surface area contributed by atoms with E-state index in [2.05, 4.69) is 15.3 Å². The summed E-state index contributed by atoms with van der Waals surface area (Å²) in [5.41, 5.74) is 1.71. The van der Waals surface area contributed by atoms with Crippen molar-refractivity contribution in [2.75, 3.05) is 0 Å². The van der Waals surface area contributed by atoms with E-state index in [9.17, 15) is 9.18 Å². The molecule has 0 unspecified atom stereocenters. The number of hydrogen-bond donors (Lipinski definition) is 1. The summed E-state index contributed by atoms with van der Waals surface area (Å²) in [7, 11) is 0. The number of imidazole rings is 2. The zero-order chi connectivity index (χ0) is 20.5. The third-order valence-electron chi connectivity index (χ3n) is 4.56. The van der Waals surface area contributed by atoms with Crippen LogP contribution in [0.5, 0.6) is 0 Å². The Morgan fingerprint density at radius 1 is 1.38 bits per heavy atom. The van der Waals surface area contributed by atoms with Crippen LogP contribution in [0, 0.1) is 12.7 Å². The zero-order valence-electron chi connectivity index (χ0n) is 15.6. The lowest BCUT2D eigenvalue weighted by atomic mass is 10.1. The van der Waals surface area contributed by atoms with Crippen molar-refractivity contribution in [2.24, 2.45) is 0 Å². The second kappa shape index (κ2) is 7.81. The number of aromatic nitrogens is 4. The maximum atomic E-state index is 14.6. The monoisotopic (exact) mass is 429 g/mol. The Morgan fingerprint density at radius 2 is 2.21 bits per heavy atom. The molecule has 3 heterocycles. The number of amides is 1. The summed E-state index contributed by atoms with van der Waals surface area (Å²) < 4.78 is 18.1. The Bertz CT molecular complexity index is 1220. The van der Waals surface area contributed by atoms with E-state index >= 15 is 0 Å². The smallest absolute Gasteiger partial charge is 0.244 e. The fourth-order valence-corrected chi connectivity index (χ4v) is 4.05. The molecular formula is C20H17ClFN5OS. The van der Waals surface area contributed by atoms with E-state index in [0.29, 0.717) is 27.9 Å². The summed E-state index contributed by atoms with van der Waals surface area (Å²) in [6.07, 6.45) is 8.17. The van der Waals surface area contributed by atoms with Gasteiger partial charge < -0.3 is 9.88 Å². The average Bonchev–Trinajstić information content (AvgIpc) is 3.37. The van der Waals surface area contributed by atoms with Crippen LogP contribution in [0.3, 0.4) is 0 Å². The molecule has 0 radical (unpaired) electrons. The molecule has 1 aromatic carbocycles. The Labute approximate surface area is 175 Å². The fourth-order valence-electron chi connectivity index (χ4n) is 3.05. The molecule has 1 amide bonds. The van der Waals surface area contributed by atoms with Gasteiger partial charge in [0.25, 0.3) is 0 Å². The van der Waals surface area contributed by atoms with Crippen molar-refractivity contribution in [2.45, 2.75) is 19.9 Å². The standard InChI is InChI=1S/C20H17ClFN5OS/c1-12(14-3-4-16(15(22)11-14)26-8-7-23-13(26)2)24-18(28)6-5-17-19(21)25-20-27(17)9-10-29-20/h3-12H,1-2H3,(H,24,28)/b6-5-/t12-/m0/s1. The maximum Gasteiger partial charge on any atom is 0.244 e. The van der Waals surface area contributed by atoms with Crippen LogP contribution in [0.25, 0.3) is 16.7 Å². The van der Waals surface area contributed by atoms with Gasteiger partial charge in [0.1, 0.15) is 11.6 Å². The number of halogens is 2. The highest BCUT2D eigenvalue weighted by Crippen LogP contribution is 2.23. The van der Waals surface area contributed by atoms with Gasteiger partial charge in [-0.05, 0) is 37.6 Å². The highest BCUT2D eigenvalue weighted by atomic mass is 35.5. The number of nitrogens with zero attached hydrogens (tertiary/aromatic N) is 4. The van der Waals surface area contributed by atoms with Gasteiger partial charge in [0.2, 0.25) is 5.91 Å². The first kappa shape index (κ1) is 19.4. The van der Waals surface area contributed by atoms with Gasteiger partial charge in [-0.15, -0.1) is 11.3 Å². The van der Waals surface area contributed by atoms with E-state index in [-0.39, 0.29) is 17.8 Å². The van der Waals surface area contributed by atoms with E-state index in [1.165, 1.54) is 23.5 Å². The molecule has 6 nitrogen and oxygen atoms in total. The van der Waals surface area contributed by atoms with E-state index in [0.717, 1.165) is 4.96 Å². The molecule has 1 atom stereocenters. The molecule has 0 saturated heterocycles. The van der Waals surface area contributed by atoms with Crippen LogP contribution < -0.4 is 5.32 Å². The predicted octanol–water partition coefficient (Wildman–Crippen LogP) is 4.57. The van der Waals surface area contributed by atoms with E-state index in [1.54, 1.807) is 49.0 Å². The van der Waals surface area contributed by atoms with Crippen molar-refractivity contribution < 1.29 is 9.18 Å². The summed E-state index contributed by atoms with van der Waals surface area (Å²) >= 11 is 7.58. The summed E-state index contributed by atoms with van der Waals surface area (Å²) in [4.78, 5) is 21.4. The quantitative estimate of drug-likeness (QED) is 0.472. The van der Waals surface area contributed by atoms with Crippen molar-refractivity contribution in [3.8, 4) is 5.69 Å². The first-order chi connectivity index (χ1) is 13.9. The van der Waals surface area contributed by atoms with Gasteiger partial charge in [-0.2, -0.15) is 0 Å². The number of carbonyl (C=O) groups is 1. The van der Waals surface area contributed by atoms with Gasteiger partial charge in [-0.1, -0.05) is 17.7 Å². The van der Waals surface area contributed by atoms with E-state index in [1.807, 2.05) is 16.0 Å². The number of hydrogen-bond acceptors (Lipinski definition) is 4. The molecule has 4 rings (SSSR count). The molecule has 0 saturated carbocycles. The number of rotatable bonds is 5. The van der Waals surface area contributed by atoms with Gasteiger partial charge >= 0.3 is 0 Å². The Balaban J connectivity index is 1.47. The molecule has 0 aliphatic heterocycles. The lowest BCUT2D eigenvalue weighted by Gasteiger charge is -2.15. The number of aryl methyl sites for hydroxylation is 1. The summed E-state index contributed by atoms with van der Waals surface area (Å²) in [6, 6.07) is 4.51. The van der Waals surface area contributed by atoms with Crippen molar-refractivity contribution in [3.05, 3.63) is 76.3 Å². The lowest BCUT2D eigenvalue weighted by molar-refractivity contribution is -0.117.